The van der Waals surface area contributed by atoms with Gasteiger partial charge in [0.25, 0.3) is 0 Å². The minimum absolute atomic E-state index is 0.521. The maximum atomic E-state index is 4.74. The molecular weight excluding hydrogens is 138 g/mol. The molecule has 0 saturated heterocycles. The Hall–Kier alpha value is -0.530. The molecule has 1 fully saturated rings. The van der Waals surface area contributed by atoms with Gasteiger partial charge in [-0.05, 0) is 31.1 Å². The topological polar surface area (TPSA) is 21.6 Å². The van der Waals surface area contributed by atoms with E-state index in [2.05, 4.69) is 19.0 Å². The first-order valence-corrected chi connectivity index (χ1v) is 4.23. The molecule has 0 atom stereocenters. The van der Waals surface area contributed by atoms with Crippen LogP contribution < -0.4 is 0 Å². The van der Waals surface area contributed by atoms with E-state index in [1.165, 1.54) is 18.6 Å². The van der Waals surface area contributed by atoms with E-state index in [1.807, 2.05) is 0 Å². The van der Waals surface area contributed by atoms with Crippen LogP contribution in [0.1, 0.15) is 39.5 Å². The van der Waals surface area contributed by atoms with Gasteiger partial charge in [0.1, 0.15) is 7.11 Å². The van der Waals surface area contributed by atoms with Gasteiger partial charge < -0.3 is 4.84 Å². The summed E-state index contributed by atoms with van der Waals surface area (Å²) in [4.78, 5) is 4.74. The molecule has 0 heterocycles. The zero-order valence-corrected chi connectivity index (χ0v) is 7.68. The number of hydrogen-bond acceptors (Lipinski definition) is 2. The van der Waals surface area contributed by atoms with E-state index in [-0.39, 0.29) is 0 Å². The zero-order chi connectivity index (χ0) is 8.32. The highest BCUT2D eigenvalue weighted by molar-refractivity contribution is 5.84. The van der Waals surface area contributed by atoms with Crippen molar-refractivity contribution in [1.29, 1.82) is 0 Å². The van der Waals surface area contributed by atoms with E-state index in [0.29, 0.717) is 5.41 Å². The van der Waals surface area contributed by atoms with Crippen LogP contribution in [-0.2, 0) is 4.84 Å². The summed E-state index contributed by atoms with van der Waals surface area (Å²) in [5.41, 5.74) is 1.75. The van der Waals surface area contributed by atoms with Crippen molar-refractivity contribution < 1.29 is 4.84 Å². The summed E-state index contributed by atoms with van der Waals surface area (Å²) in [5, 5.41) is 3.97. The van der Waals surface area contributed by atoms with E-state index in [1.54, 1.807) is 7.11 Å². The molecule has 0 aromatic carbocycles. The predicted molar refractivity (Wildman–Crippen MR) is 46.7 cm³/mol. The van der Waals surface area contributed by atoms with Crippen molar-refractivity contribution in [2.45, 2.75) is 39.5 Å². The van der Waals surface area contributed by atoms with Crippen molar-refractivity contribution in [3.05, 3.63) is 0 Å². The maximum Gasteiger partial charge on any atom is 0.106 e. The van der Waals surface area contributed by atoms with Crippen LogP contribution in [0.4, 0.5) is 0 Å². The second kappa shape index (κ2) is 3.24. The van der Waals surface area contributed by atoms with Crippen LogP contribution in [0.15, 0.2) is 5.16 Å². The molecule has 0 spiro atoms. The summed E-state index contributed by atoms with van der Waals surface area (Å²) in [6, 6.07) is 0. The Kier molecular flexibility index (Phi) is 2.53. The second-order valence-corrected chi connectivity index (χ2v) is 4.00. The second-order valence-electron chi connectivity index (χ2n) is 4.00. The standard InChI is InChI=1S/C9H17NO/c1-9(2)6-4-8(5-7-9)10-11-3/h4-7H2,1-3H3. The fraction of sp³-hybridized carbons (Fsp3) is 0.889. The summed E-state index contributed by atoms with van der Waals surface area (Å²) in [6.07, 6.45) is 4.71. The van der Waals surface area contributed by atoms with Gasteiger partial charge in [0.15, 0.2) is 0 Å². The molecule has 1 saturated carbocycles. The molecule has 0 radical (unpaired) electrons. The van der Waals surface area contributed by atoms with Gasteiger partial charge in [-0.15, -0.1) is 0 Å². The molecule has 64 valence electrons. The highest BCUT2D eigenvalue weighted by Crippen LogP contribution is 2.33. The molecule has 0 aliphatic heterocycles. The normalized spacial score (nSPS) is 23.0. The van der Waals surface area contributed by atoms with Crippen molar-refractivity contribution in [3.63, 3.8) is 0 Å². The van der Waals surface area contributed by atoms with Crippen molar-refractivity contribution >= 4 is 5.71 Å². The molecule has 0 amide bonds. The van der Waals surface area contributed by atoms with E-state index in [9.17, 15) is 0 Å². The van der Waals surface area contributed by atoms with Crippen LogP contribution in [0.25, 0.3) is 0 Å². The molecule has 0 bridgehead atoms. The van der Waals surface area contributed by atoms with Crippen molar-refractivity contribution in [2.24, 2.45) is 10.6 Å². The Bertz CT molecular complexity index is 149. The lowest BCUT2D eigenvalue weighted by Crippen LogP contribution is -2.21. The van der Waals surface area contributed by atoms with Gasteiger partial charge in [-0.3, -0.25) is 0 Å². The monoisotopic (exact) mass is 155 g/mol. The molecule has 0 aromatic heterocycles. The molecule has 0 aromatic rings. The summed E-state index contributed by atoms with van der Waals surface area (Å²) in [6.45, 7) is 4.63. The van der Waals surface area contributed by atoms with Gasteiger partial charge >= 0.3 is 0 Å². The molecule has 2 heteroatoms. The number of nitrogens with zero attached hydrogens (tertiary/aromatic N) is 1. The number of rotatable bonds is 1. The quantitative estimate of drug-likeness (QED) is 0.533. The van der Waals surface area contributed by atoms with Gasteiger partial charge in [0.2, 0.25) is 0 Å². The Labute approximate surface area is 68.6 Å². The lowest BCUT2D eigenvalue weighted by atomic mass is 9.77. The van der Waals surface area contributed by atoms with Crippen molar-refractivity contribution in [2.75, 3.05) is 7.11 Å². The average molecular weight is 155 g/mol. The number of hydrogen-bond donors (Lipinski definition) is 0. The first-order chi connectivity index (χ1) is 5.14. The summed E-state index contributed by atoms with van der Waals surface area (Å²) in [5.74, 6) is 0. The lowest BCUT2D eigenvalue weighted by Gasteiger charge is -2.29. The van der Waals surface area contributed by atoms with Gasteiger partial charge in [0.05, 0.1) is 5.71 Å². The first-order valence-electron chi connectivity index (χ1n) is 4.23. The zero-order valence-electron chi connectivity index (χ0n) is 7.68. The summed E-state index contributed by atoms with van der Waals surface area (Å²) in [7, 11) is 1.62. The van der Waals surface area contributed by atoms with Gasteiger partial charge in [-0.25, -0.2) is 0 Å². The van der Waals surface area contributed by atoms with Gasteiger partial charge in [-0.1, -0.05) is 19.0 Å². The molecule has 2 nitrogen and oxygen atoms in total. The van der Waals surface area contributed by atoms with Crippen LogP contribution in [0.2, 0.25) is 0 Å². The van der Waals surface area contributed by atoms with Crippen molar-refractivity contribution in [3.8, 4) is 0 Å². The average Bonchev–Trinajstić information content (AvgIpc) is 1.94. The fourth-order valence-corrected chi connectivity index (χ4v) is 1.44. The van der Waals surface area contributed by atoms with E-state index >= 15 is 0 Å². The molecular formula is C9H17NO. The van der Waals surface area contributed by atoms with Crippen molar-refractivity contribution in [1.82, 2.24) is 0 Å². The van der Waals surface area contributed by atoms with E-state index < -0.39 is 0 Å². The molecule has 1 aliphatic carbocycles. The Morgan fingerprint density at radius 1 is 1.27 bits per heavy atom. The molecule has 0 unspecified atom stereocenters. The minimum Gasteiger partial charge on any atom is -0.399 e. The first kappa shape index (κ1) is 8.57. The summed E-state index contributed by atoms with van der Waals surface area (Å²) >= 11 is 0. The largest absolute Gasteiger partial charge is 0.399 e. The molecule has 0 N–H and O–H groups in total. The van der Waals surface area contributed by atoms with Crippen LogP contribution >= 0.6 is 0 Å². The minimum atomic E-state index is 0.521. The Balaban J connectivity index is 2.42. The predicted octanol–water partition coefficient (Wildman–Crippen LogP) is 2.59. The third-order valence-corrected chi connectivity index (χ3v) is 2.40. The lowest BCUT2D eigenvalue weighted by molar-refractivity contribution is 0.206. The van der Waals surface area contributed by atoms with Gasteiger partial charge in [-0.2, -0.15) is 0 Å². The van der Waals surface area contributed by atoms with Crippen LogP contribution in [0.3, 0.4) is 0 Å². The fourth-order valence-electron chi connectivity index (χ4n) is 1.44. The highest BCUT2D eigenvalue weighted by Gasteiger charge is 2.24. The van der Waals surface area contributed by atoms with Gasteiger partial charge in [0, 0.05) is 0 Å². The van der Waals surface area contributed by atoms with Crippen LogP contribution in [-0.4, -0.2) is 12.8 Å². The molecule has 1 aliphatic rings. The SMILES string of the molecule is CON=C1CCC(C)(C)CC1. The van der Waals surface area contributed by atoms with E-state index in [0.717, 1.165) is 12.8 Å². The highest BCUT2D eigenvalue weighted by atomic mass is 16.6. The smallest absolute Gasteiger partial charge is 0.106 e. The Morgan fingerprint density at radius 3 is 2.27 bits per heavy atom. The van der Waals surface area contributed by atoms with Crippen LogP contribution in [0, 0.1) is 5.41 Å². The Morgan fingerprint density at radius 2 is 1.82 bits per heavy atom. The third kappa shape index (κ3) is 2.52. The van der Waals surface area contributed by atoms with E-state index in [4.69, 9.17) is 4.84 Å². The maximum absolute atomic E-state index is 4.74. The molecule has 1 rings (SSSR count). The third-order valence-electron chi connectivity index (χ3n) is 2.40. The number of oxime groups is 1. The summed E-state index contributed by atoms with van der Waals surface area (Å²) < 4.78 is 0. The van der Waals surface area contributed by atoms with Crippen LogP contribution in [0.5, 0.6) is 0 Å². The molecule has 11 heavy (non-hydrogen) atoms.